The highest BCUT2D eigenvalue weighted by Crippen LogP contribution is 2.28. The minimum absolute atomic E-state index is 0.105. The third-order valence-corrected chi connectivity index (χ3v) is 4.49. The van der Waals surface area contributed by atoms with Crippen LogP contribution in [0.3, 0.4) is 0 Å². The van der Waals surface area contributed by atoms with Crippen LogP contribution in [0.25, 0.3) is 10.9 Å². The SMILES string of the molecule is CC#Cc1ccc(C(=O)OC)c2c1cnn2C(C)c1ccc(Br)nc1. The molecule has 0 aliphatic carbocycles. The van der Waals surface area contributed by atoms with Gasteiger partial charge in [0.25, 0.3) is 0 Å². The molecule has 1 atom stereocenters. The quantitative estimate of drug-likeness (QED) is 0.381. The van der Waals surface area contributed by atoms with Gasteiger partial charge in [-0.2, -0.15) is 5.10 Å². The Kier molecular flexibility index (Phi) is 4.86. The second-order valence-electron chi connectivity index (χ2n) is 5.47. The number of hydrogen-bond donors (Lipinski definition) is 0. The summed E-state index contributed by atoms with van der Waals surface area (Å²) in [5.41, 5.74) is 2.99. The normalized spacial score (nSPS) is 11.7. The Morgan fingerprint density at radius 3 is 2.72 bits per heavy atom. The van der Waals surface area contributed by atoms with Crippen LogP contribution in [0.5, 0.6) is 0 Å². The highest BCUT2D eigenvalue weighted by Gasteiger charge is 2.20. The van der Waals surface area contributed by atoms with E-state index in [0.29, 0.717) is 11.1 Å². The number of rotatable bonds is 3. The van der Waals surface area contributed by atoms with E-state index in [9.17, 15) is 4.79 Å². The number of pyridine rings is 1. The van der Waals surface area contributed by atoms with Crippen molar-refractivity contribution in [1.82, 2.24) is 14.8 Å². The molecule has 6 heteroatoms. The number of benzene rings is 1. The van der Waals surface area contributed by atoms with Gasteiger partial charge in [0.2, 0.25) is 0 Å². The molecule has 1 aromatic carbocycles. The summed E-state index contributed by atoms with van der Waals surface area (Å²) in [5, 5.41) is 5.34. The average molecular weight is 398 g/mol. The van der Waals surface area contributed by atoms with E-state index in [1.54, 1.807) is 25.4 Å². The van der Waals surface area contributed by atoms with Gasteiger partial charge < -0.3 is 4.74 Å². The second-order valence-corrected chi connectivity index (χ2v) is 6.28. The van der Waals surface area contributed by atoms with Crippen molar-refractivity contribution in [2.45, 2.75) is 19.9 Å². The van der Waals surface area contributed by atoms with E-state index in [-0.39, 0.29) is 6.04 Å². The smallest absolute Gasteiger partial charge is 0.340 e. The molecule has 0 fully saturated rings. The van der Waals surface area contributed by atoms with Crippen LogP contribution >= 0.6 is 15.9 Å². The Morgan fingerprint density at radius 1 is 1.28 bits per heavy atom. The van der Waals surface area contributed by atoms with Gasteiger partial charge >= 0.3 is 5.97 Å². The summed E-state index contributed by atoms with van der Waals surface area (Å²) in [6, 6.07) is 7.31. The molecule has 2 heterocycles. The fraction of sp³-hybridized carbons (Fsp3) is 0.211. The largest absolute Gasteiger partial charge is 0.465 e. The Bertz CT molecular complexity index is 997. The number of esters is 1. The summed E-state index contributed by atoms with van der Waals surface area (Å²) < 4.78 is 7.52. The highest BCUT2D eigenvalue weighted by molar-refractivity contribution is 9.10. The molecule has 0 N–H and O–H groups in total. The maximum Gasteiger partial charge on any atom is 0.340 e. The summed E-state index contributed by atoms with van der Waals surface area (Å²) in [5.74, 6) is 5.56. The van der Waals surface area contributed by atoms with E-state index in [4.69, 9.17) is 4.74 Å². The number of methoxy groups -OCH3 is 1. The first-order chi connectivity index (χ1) is 12.1. The third kappa shape index (κ3) is 3.15. The van der Waals surface area contributed by atoms with Crippen LogP contribution in [0.1, 0.15) is 41.4 Å². The topological polar surface area (TPSA) is 57.0 Å². The van der Waals surface area contributed by atoms with Crippen LogP contribution in [-0.2, 0) is 4.74 Å². The fourth-order valence-corrected chi connectivity index (χ4v) is 2.99. The lowest BCUT2D eigenvalue weighted by atomic mass is 10.0. The molecule has 0 saturated heterocycles. The van der Waals surface area contributed by atoms with Crippen molar-refractivity contribution in [3.05, 3.63) is 58.0 Å². The van der Waals surface area contributed by atoms with Gasteiger partial charge in [-0.3, -0.25) is 4.68 Å². The van der Waals surface area contributed by atoms with E-state index in [1.807, 2.05) is 29.8 Å². The van der Waals surface area contributed by atoms with Crippen molar-refractivity contribution >= 4 is 32.8 Å². The Hall–Kier alpha value is -2.65. The first kappa shape index (κ1) is 17.2. The number of ether oxygens (including phenoxy) is 1. The number of fused-ring (bicyclic) bond motifs is 1. The van der Waals surface area contributed by atoms with Crippen molar-refractivity contribution in [2.75, 3.05) is 7.11 Å². The van der Waals surface area contributed by atoms with Gasteiger partial charge in [0.1, 0.15) is 4.60 Å². The highest BCUT2D eigenvalue weighted by atomic mass is 79.9. The lowest BCUT2D eigenvalue weighted by Gasteiger charge is -2.15. The van der Waals surface area contributed by atoms with Crippen LogP contribution in [0.2, 0.25) is 0 Å². The summed E-state index contributed by atoms with van der Waals surface area (Å²) in [6.45, 7) is 3.79. The molecule has 5 nitrogen and oxygen atoms in total. The molecule has 1 unspecified atom stereocenters. The standard InChI is InChI=1S/C19H16BrN3O2/c1-4-5-13-6-8-15(19(24)25-3)18-16(13)11-22-23(18)12(2)14-7-9-17(20)21-10-14/h6-12H,1-3H3. The number of hydrogen-bond acceptors (Lipinski definition) is 4. The lowest BCUT2D eigenvalue weighted by Crippen LogP contribution is -2.12. The van der Waals surface area contributed by atoms with Crippen molar-refractivity contribution in [1.29, 1.82) is 0 Å². The molecule has 25 heavy (non-hydrogen) atoms. The molecule has 0 amide bonds. The van der Waals surface area contributed by atoms with Gasteiger partial charge in [-0.15, -0.1) is 5.92 Å². The molecular formula is C19H16BrN3O2. The van der Waals surface area contributed by atoms with Crippen LogP contribution in [-0.4, -0.2) is 27.8 Å². The van der Waals surface area contributed by atoms with Gasteiger partial charge in [0.15, 0.2) is 0 Å². The maximum absolute atomic E-state index is 12.2. The molecule has 0 aliphatic heterocycles. The van der Waals surface area contributed by atoms with Crippen LogP contribution < -0.4 is 0 Å². The molecule has 2 aromatic heterocycles. The van der Waals surface area contributed by atoms with Gasteiger partial charge in [-0.25, -0.2) is 9.78 Å². The molecule has 0 saturated carbocycles. The minimum Gasteiger partial charge on any atom is -0.465 e. The molecule has 0 spiro atoms. The van der Waals surface area contributed by atoms with Crippen LogP contribution in [0.15, 0.2) is 41.3 Å². The van der Waals surface area contributed by atoms with Gasteiger partial charge in [-0.1, -0.05) is 12.0 Å². The lowest BCUT2D eigenvalue weighted by molar-refractivity contribution is 0.0602. The molecular weight excluding hydrogens is 382 g/mol. The predicted octanol–water partition coefficient (Wildman–Crippen LogP) is 3.96. The van der Waals surface area contributed by atoms with Crippen LogP contribution in [0.4, 0.5) is 0 Å². The second kappa shape index (κ2) is 7.08. The number of nitrogens with zero attached hydrogens (tertiary/aromatic N) is 3. The molecule has 3 aromatic rings. The van der Waals surface area contributed by atoms with Gasteiger partial charge in [-0.05, 0) is 53.5 Å². The zero-order valence-corrected chi connectivity index (χ0v) is 15.7. The number of carbonyl (C=O) groups is 1. The predicted molar refractivity (Wildman–Crippen MR) is 99.4 cm³/mol. The summed E-state index contributed by atoms with van der Waals surface area (Å²) in [6.07, 6.45) is 3.53. The molecule has 3 rings (SSSR count). The summed E-state index contributed by atoms with van der Waals surface area (Å²) >= 11 is 3.34. The van der Waals surface area contributed by atoms with Crippen molar-refractivity contribution < 1.29 is 9.53 Å². The van der Waals surface area contributed by atoms with E-state index < -0.39 is 5.97 Å². The van der Waals surface area contributed by atoms with Crippen molar-refractivity contribution in [3.8, 4) is 11.8 Å². The zero-order valence-electron chi connectivity index (χ0n) is 14.1. The Morgan fingerprint density at radius 2 is 2.08 bits per heavy atom. The number of halogens is 1. The number of aromatic nitrogens is 3. The number of carbonyl (C=O) groups excluding carboxylic acids is 1. The zero-order chi connectivity index (χ0) is 18.0. The first-order valence-electron chi connectivity index (χ1n) is 7.69. The maximum atomic E-state index is 12.2. The van der Waals surface area contributed by atoms with E-state index in [1.165, 1.54) is 7.11 Å². The summed E-state index contributed by atoms with van der Waals surface area (Å²) in [4.78, 5) is 16.5. The molecule has 126 valence electrons. The fourth-order valence-electron chi connectivity index (χ4n) is 2.75. The minimum atomic E-state index is -0.399. The van der Waals surface area contributed by atoms with Crippen molar-refractivity contribution in [2.24, 2.45) is 0 Å². The Labute approximate surface area is 154 Å². The van der Waals surface area contributed by atoms with Gasteiger partial charge in [0.05, 0.1) is 30.4 Å². The Balaban J connectivity index is 2.24. The summed E-state index contributed by atoms with van der Waals surface area (Å²) in [7, 11) is 1.37. The molecule has 0 radical (unpaired) electrons. The third-order valence-electron chi connectivity index (χ3n) is 4.02. The van der Waals surface area contributed by atoms with Crippen LogP contribution in [0, 0.1) is 11.8 Å². The van der Waals surface area contributed by atoms with Gasteiger partial charge in [0, 0.05) is 17.1 Å². The van der Waals surface area contributed by atoms with E-state index in [2.05, 4.69) is 37.9 Å². The molecule has 0 aliphatic rings. The van der Waals surface area contributed by atoms with E-state index >= 15 is 0 Å². The average Bonchev–Trinajstić information content (AvgIpc) is 3.07. The monoisotopic (exact) mass is 397 g/mol. The first-order valence-corrected chi connectivity index (χ1v) is 8.49. The van der Waals surface area contributed by atoms with E-state index in [0.717, 1.165) is 21.1 Å². The van der Waals surface area contributed by atoms with Crippen molar-refractivity contribution in [3.63, 3.8) is 0 Å². The molecule has 0 bridgehead atoms.